The molecule has 1 fully saturated rings. The van der Waals surface area contributed by atoms with Crippen LogP contribution in [0.25, 0.3) is 0 Å². The molecule has 32 heavy (non-hydrogen) atoms. The normalized spacial score (nSPS) is 15.8. The van der Waals surface area contributed by atoms with Crippen LogP contribution in [0, 0.1) is 0 Å². The number of benzene rings is 2. The molecular formula is C24H34N2O6. The van der Waals surface area contributed by atoms with Gasteiger partial charge in [0.2, 0.25) is 5.75 Å². The van der Waals surface area contributed by atoms with Gasteiger partial charge in [-0.05, 0) is 30.3 Å². The standard InChI is InChI=1S/C24H34N2O6/c1-28-20-6-8-21(9-7-20)32-17-19(27)16-26-13-11-25(12-14-26)15-18-5-10-22(29-2)24(31-4)23(18)30-3/h5-10,19,27H,11-17H2,1-4H3. The van der Waals surface area contributed by atoms with Gasteiger partial charge in [0, 0.05) is 44.8 Å². The van der Waals surface area contributed by atoms with Crippen LogP contribution in [0.3, 0.4) is 0 Å². The lowest BCUT2D eigenvalue weighted by atomic mass is 10.1. The van der Waals surface area contributed by atoms with Gasteiger partial charge >= 0.3 is 0 Å². The summed E-state index contributed by atoms with van der Waals surface area (Å²) >= 11 is 0. The van der Waals surface area contributed by atoms with Gasteiger partial charge in [0.05, 0.1) is 28.4 Å². The van der Waals surface area contributed by atoms with Crippen LogP contribution in [0.15, 0.2) is 36.4 Å². The summed E-state index contributed by atoms with van der Waals surface area (Å²) in [4.78, 5) is 4.64. The molecule has 0 radical (unpaired) electrons. The lowest BCUT2D eigenvalue weighted by molar-refractivity contribution is 0.0444. The highest BCUT2D eigenvalue weighted by Gasteiger charge is 2.22. The van der Waals surface area contributed by atoms with E-state index < -0.39 is 6.10 Å². The Labute approximate surface area is 190 Å². The van der Waals surface area contributed by atoms with Crippen molar-refractivity contribution in [2.75, 3.05) is 67.8 Å². The number of aliphatic hydroxyl groups is 1. The Bertz CT molecular complexity index is 837. The predicted molar refractivity (Wildman–Crippen MR) is 122 cm³/mol. The van der Waals surface area contributed by atoms with Crippen molar-refractivity contribution in [2.24, 2.45) is 0 Å². The number of ether oxygens (including phenoxy) is 5. The highest BCUT2D eigenvalue weighted by molar-refractivity contribution is 5.55. The molecule has 0 amide bonds. The number of nitrogens with zero attached hydrogens (tertiary/aromatic N) is 2. The summed E-state index contributed by atoms with van der Waals surface area (Å²) in [7, 11) is 6.51. The van der Waals surface area contributed by atoms with Crippen LogP contribution in [0.5, 0.6) is 28.7 Å². The van der Waals surface area contributed by atoms with Crippen LogP contribution in [-0.2, 0) is 6.54 Å². The monoisotopic (exact) mass is 446 g/mol. The lowest BCUT2D eigenvalue weighted by Crippen LogP contribution is -2.48. The molecule has 1 N–H and O–H groups in total. The van der Waals surface area contributed by atoms with E-state index in [0.29, 0.717) is 23.8 Å². The Hall–Kier alpha value is -2.68. The molecule has 176 valence electrons. The Morgan fingerprint density at radius 2 is 1.38 bits per heavy atom. The maximum absolute atomic E-state index is 10.4. The average molecular weight is 447 g/mol. The molecule has 2 aromatic carbocycles. The fourth-order valence-electron chi connectivity index (χ4n) is 3.87. The van der Waals surface area contributed by atoms with Gasteiger partial charge in [-0.15, -0.1) is 0 Å². The second-order valence-corrected chi connectivity index (χ2v) is 7.71. The number of aliphatic hydroxyl groups excluding tert-OH is 1. The van der Waals surface area contributed by atoms with E-state index in [1.807, 2.05) is 36.4 Å². The zero-order chi connectivity index (χ0) is 22.9. The zero-order valence-electron chi connectivity index (χ0n) is 19.4. The van der Waals surface area contributed by atoms with E-state index in [0.717, 1.165) is 49.8 Å². The molecule has 1 heterocycles. The van der Waals surface area contributed by atoms with Gasteiger partial charge in [0.1, 0.15) is 24.2 Å². The van der Waals surface area contributed by atoms with Crippen molar-refractivity contribution < 1.29 is 28.8 Å². The van der Waals surface area contributed by atoms with E-state index in [4.69, 9.17) is 23.7 Å². The fourth-order valence-corrected chi connectivity index (χ4v) is 3.87. The molecule has 1 saturated heterocycles. The maximum atomic E-state index is 10.4. The van der Waals surface area contributed by atoms with Crippen LogP contribution in [-0.4, -0.2) is 88.8 Å². The van der Waals surface area contributed by atoms with Crippen LogP contribution >= 0.6 is 0 Å². The predicted octanol–water partition coefficient (Wildman–Crippen LogP) is 2.28. The molecule has 1 atom stereocenters. The van der Waals surface area contributed by atoms with Crippen molar-refractivity contribution in [1.82, 2.24) is 9.80 Å². The molecule has 1 aliphatic heterocycles. The van der Waals surface area contributed by atoms with Crippen LogP contribution in [0.4, 0.5) is 0 Å². The van der Waals surface area contributed by atoms with Gasteiger partial charge in [0.15, 0.2) is 11.5 Å². The van der Waals surface area contributed by atoms with Gasteiger partial charge in [0.25, 0.3) is 0 Å². The van der Waals surface area contributed by atoms with E-state index >= 15 is 0 Å². The van der Waals surface area contributed by atoms with Crippen LogP contribution in [0.2, 0.25) is 0 Å². The molecule has 8 nitrogen and oxygen atoms in total. The topological polar surface area (TPSA) is 72.9 Å². The first kappa shape index (κ1) is 24.0. The Morgan fingerprint density at radius 3 is 1.97 bits per heavy atom. The van der Waals surface area contributed by atoms with E-state index in [-0.39, 0.29) is 6.61 Å². The Morgan fingerprint density at radius 1 is 0.750 bits per heavy atom. The molecule has 8 heteroatoms. The number of rotatable bonds is 11. The maximum Gasteiger partial charge on any atom is 0.203 e. The third kappa shape index (κ3) is 6.18. The highest BCUT2D eigenvalue weighted by Crippen LogP contribution is 2.40. The Kier molecular flexibility index (Phi) is 8.84. The van der Waals surface area contributed by atoms with Gasteiger partial charge in [-0.3, -0.25) is 9.80 Å². The van der Waals surface area contributed by atoms with E-state index in [2.05, 4.69) is 9.80 Å². The minimum absolute atomic E-state index is 0.259. The van der Waals surface area contributed by atoms with E-state index in [9.17, 15) is 5.11 Å². The summed E-state index contributed by atoms with van der Waals surface area (Å²) in [6.07, 6.45) is -0.547. The summed E-state index contributed by atoms with van der Waals surface area (Å²) in [5.74, 6) is 3.48. The third-order valence-electron chi connectivity index (χ3n) is 5.62. The van der Waals surface area contributed by atoms with Crippen LogP contribution < -0.4 is 23.7 Å². The van der Waals surface area contributed by atoms with Crippen molar-refractivity contribution in [2.45, 2.75) is 12.6 Å². The van der Waals surface area contributed by atoms with Crippen molar-refractivity contribution in [1.29, 1.82) is 0 Å². The largest absolute Gasteiger partial charge is 0.497 e. The molecular weight excluding hydrogens is 412 g/mol. The summed E-state index contributed by atoms with van der Waals surface area (Å²) in [5, 5.41) is 10.4. The van der Waals surface area contributed by atoms with Crippen molar-refractivity contribution in [3.63, 3.8) is 0 Å². The molecule has 0 bridgehead atoms. The summed E-state index contributed by atoms with van der Waals surface area (Å²) in [6, 6.07) is 11.3. The summed E-state index contributed by atoms with van der Waals surface area (Å²) in [5.41, 5.74) is 1.06. The Balaban J connectivity index is 1.45. The van der Waals surface area contributed by atoms with Gasteiger partial charge in [-0.2, -0.15) is 0 Å². The number of β-amino-alcohol motifs (C(OH)–C–C–N with tert-alkyl or cyclic N) is 1. The second-order valence-electron chi connectivity index (χ2n) is 7.71. The highest BCUT2D eigenvalue weighted by atomic mass is 16.5. The number of piperazine rings is 1. The number of methoxy groups -OCH3 is 4. The second kappa shape index (κ2) is 11.8. The minimum Gasteiger partial charge on any atom is -0.497 e. The van der Waals surface area contributed by atoms with Gasteiger partial charge in [-0.25, -0.2) is 0 Å². The van der Waals surface area contributed by atoms with Crippen molar-refractivity contribution >= 4 is 0 Å². The first-order chi connectivity index (χ1) is 15.6. The van der Waals surface area contributed by atoms with Crippen molar-refractivity contribution in [3.8, 4) is 28.7 Å². The minimum atomic E-state index is -0.547. The summed E-state index contributed by atoms with van der Waals surface area (Å²) < 4.78 is 27.3. The zero-order valence-corrected chi connectivity index (χ0v) is 19.4. The van der Waals surface area contributed by atoms with E-state index in [1.165, 1.54) is 0 Å². The molecule has 0 spiro atoms. The lowest BCUT2D eigenvalue weighted by Gasteiger charge is -2.35. The molecule has 1 unspecified atom stereocenters. The number of hydrogen-bond donors (Lipinski definition) is 1. The molecule has 0 saturated carbocycles. The molecule has 2 aromatic rings. The van der Waals surface area contributed by atoms with Gasteiger partial charge < -0.3 is 28.8 Å². The SMILES string of the molecule is COc1ccc(OCC(O)CN2CCN(Cc3ccc(OC)c(OC)c3OC)CC2)cc1. The smallest absolute Gasteiger partial charge is 0.203 e. The fraction of sp³-hybridized carbons (Fsp3) is 0.500. The number of hydrogen-bond acceptors (Lipinski definition) is 8. The first-order valence-electron chi connectivity index (χ1n) is 10.7. The first-order valence-corrected chi connectivity index (χ1v) is 10.7. The van der Waals surface area contributed by atoms with E-state index in [1.54, 1.807) is 28.4 Å². The summed E-state index contributed by atoms with van der Waals surface area (Å²) in [6.45, 7) is 5.19. The van der Waals surface area contributed by atoms with Gasteiger partial charge in [-0.1, -0.05) is 6.07 Å². The third-order valence-corrected chi connectivity index (χ3v) is 5.62. The van der Waals surface area contributed by atoms with Crippen LogP contribution in [0.1, 0.15) is 5.56 Å². The molecule has 1 aliphatic rings. The molecule has 0 aromatic heterocycles. The van der Waals surface area contributed by atoms with Crippen molar-refractivity contribution in [3.05, 3.63) is 42.0 Å². The quantitative estimate of drug-likeness (QED) is 0.564. The average Bonchev–Trinajstić information content (AvgIpc) is 2.83. The molecule has 0 aliphatic carbocycles. The molecule has 3 rings (SSSR count).